The molecule has 0 aliphatic rings. The minimum Gasteiger partial charge on any atom is -1.00 e. The van der Waals surface area contributed by atoms with E-state index in [4.69, 9.17) is 0 Å². The van der Waals surface area contributed by atoms with Gasteiger partial charge >= 0.3 is 0 Å². The molecule has 12 heavy (non-hydrogen) atoms. The van der Waals surface area contributed by atoms with Crippen molar-refractivity contribution in [3.63, 3.8) is 0 Å². The van der Waals surface area contributed by atoms with Gasteiger partial charge in [-0.25, -0.2) is 0 Å². The van der Waals surface area contributed by atoms with E-state index in [2.05, 4.69) is 20.8 Å². The van der Waals surface area contributed by atoms with E-state index in [1.807, 2.05) is 6.92 Å². The van der Waals surface area contributed by atoms with E-state index in [1.54, 1.807) is 0 Å². The van der Waals surface area contributed by atoms with E-state index in [1.165, 1.54) is 0 Å². The average Bonchev–Trinajstić information content (AvgIpc) is 2.00. The first-order valence-corrected chi connectivity index (χ1v) is 4.66. The summed E-state index contributed by atoms with van der Waals surface area (Å²) in [5.74, 6) is 0. The Labute approximate surface area is 82.6 Å². The van der Waals surface area contributed by atoms with Crippen molar-refractivity contribution in [2.45, 2.75) is 40.3 Å². The monoisotopic (exact) mass is 195 g/mol. The van der Waals surface area contributed by atoms with Crippen molar-refractivity contribution in [1.82, 2.24) is 0 Å². The molecule has 0 fully saturated rings. The minimum absolute atomic E-state index is 0. The molecule has 0 heterocycles. The largest absolute Gasteiger partial charge is 1.00 e. The number of quaternary nitrogens is 1. The highest BCUT2D eigenvalue weighted by atomic mass is 35.5. The third kappa shape index (κ3) is 3.30. The van der Waals surface area contributed by atoms with Crippen LogP contribution < -0.4 is 12.4 Å². The van der Waals surface area contributed by atoms with Crippen molar-refractivity contribution in [1.29, 1.82) is 0 Å². The molecule has 1 atom stereocenters. The summed E-state index contributed by atoms with van der Waals surface area (Å²) >= 11 is 0. The van der Waals surface area contributed by atoms with Crippen LogP contribution in [0, 0.1) is 0 Å². The van der Waals surface area contributed by atoms with Crippen LogP contribution in [0.25, 0.3) is 0 Å². The number of aliphatic hydroxyl groups is 1. The van der Waals surface area contributed by atoms with Gasteiger partial charge in [0.2, 0.25) is 0 Å². The van der Waals surface area contributed by atoms with Crippen LogP contribution in [0.4, 0.5) is 0 Å². The van der Waals surface area contributed by atoms with E-state index in [-0.39, 0.29) is 18.6 Å². The second-order valence-electron chi connectivity index (χ2n) is 3.21. The van der Waals surface area contributed by atoms with Gasteiger partial charge in [-0.2, -0.15) is 0 Å². The van der Waals surface area contributed by atoms with Gasteiger partial charge in [-0.3, -0.25) is 4.48 Å². The molecule has 0 bridgehead atoms. The maximum atomic E-state index is 9.57. The molecule has 0 rings (SSSR count). The Bertz CT molecular complexity index is 103. The molecule has 0 amide bonds. The lowest BCUT2D eigenvalue weighted by Crippen LogP contribution is -3.00. The molecule has 0 aliphatic carbocycles. The first-order valence-electron chi connectivity index (χ1n) is 4.66. The van der Waals surface area contributed by atoms with Crippen molar-refractivity contribution in [3.8, 4) is 0 Å². The number of rotatable bonds is 5. The third-order valence-electron chi connectivity index (χ3n) is 2.72. The summed E-state index contributed by atoms with van der Waals surface area (Å²) in [7, 11) is 0. The van der Waals surface area contributed by atoms with E-state index < -0.39 is 0 Å². The minimum atomic E-state index is -0.218. The van der Waals surface area contributed by atoms with E-state index in [0.29, 0.717) is 0 Å². The van der Waals surface area contributed by atoms with Gasteiger partial charge in [0.05, 0.1) is 19.6 Å². The molecule has 0 saturated heterocycles. The van der Waals surface area contributed by atoms with Gasteiger partial charge in [-0.05, 0) is 20.3 Å². The first kappa shape index (κ1) is 14.7. The first-order chi connectivity index (χ1) is 5.13. The van der Waals surface area contributed by atoms with Gasteiger partial charge < -0.3 is 17.5 Å². The summed E-state index contributed by atoms with van der Waals surface area (Å²) in [6, 6.07) is 0. The van der Waals surface area contributed by atoms with Crippen LogP contribution in [-0.2, 0) is 0 Å². The molecule has 0 spiro atoms. The van der Waals surface area contributed by atoms with Gasteiger partial charge in [0, 0.05) is 6.92 Å². The summed E-state index contributed by atoms with van der Waals surface area (Å²) in [6.45, 7) is 11.5. The number of nitrogens with zero attached hydrogens (tertiary/aromatic N) is 1. The molecule has 76 valence electrons. The van der Waals surface area contributed by atoms with Crippen LogP contribution in [-0.4, -0.2) is 35.5 Å². The van der Waals surface area contributed by atoms with Crippen LogP contribution in [0.2, 0.25) is 0 Å². The van der Waals surface area contributed by atoms with E-state index in [9.17, 15) is 5.11 Å². The molecule has 0 saturated carbocycles. The zero-order chi connectivity index (χ0) is 8.91. The fourth-order valence-electron chi connectivity index (χ4n) is 1.70. The summed E-state index contributed by atoms with van der Waals surface area (Å²) < 4.78 is 0.844. The van der Waals surface area contributed by atoms with Gasteiger partial charge in [-0.15, -0.1) is 0 Å². The zero-order valence-corrected chi connectivity index (χ0v) is 9.43. The lowest BCUT2D eigenvalue weighted by molar-refractivity contribution is -0.966. The Balaban J connectivity index is 0. The molecule has 0 aromatic heterocycles. The smallest absolute Gasteiger partial charge is 0.187 e. The predicted octanol–water partition coefficient (Wildman–Crippen LogP) is -1.40. The number of aliphatic hydroxyl groups excluding tert-OH is 1. The van der Waals surface area contributed by atoms with Crippen molar-refractivity contribution in [3.05, 3.63) is 0 Å². The molecular weight excluding hydrogens is 174 g/mol. The molecule has 0 radical (unpaired) electrons. The van der Waals surface area contributed by atoms with Crippen molar-refractivity contribution < 1.29 is 22.0 Å². The van der Waals surface area contributed by atoms with Crippen LogP contribution >= 0.6 is 0 Å². The van der Waals surface area contributed by atoms with Crippen molar-refractivity contribution in [2.24, 2.45) is 0 Å². The Morgan fingerprint density at radius 3 is 1.67 bits per heavy atom. The molecule has 1 unspecified atom stereocenters. The van der Waals surface area contributed by atoms with E-state index >= 15 is 0 Å². The summed E-state index contributed by atoms with van der Waals surface area (Å²) in [4.78, 5) is 0. The molecule has 0 aliphatic heterocycles. The second-order valence-corrected chi connectivity index (χ2v) is 3.21. The fourth-order valence-corrected chi connectivity index (χ4v) is 1.70. The normalized spacial score (nSPS) is 13.8. The highest BCUT2D eigenvalue weighted by Gasteiger charge is 2.27. The second kappa shape index (κ2) is 6.70. The maximum absolute atomic E-state index is 9.57. The molecule has 0 aromatic rings. The average molecular weight is 196 g/mol. The number of hydrogen-bond acceptors (Lipinski definition) is 1. The Morgan fingerprint density at radius 2 is 1.58 bits per heavy atom. The topological polar surface area (TPSA) is 20.2 Å². The third-order valence-corrected chi connectivity index (χ3v) is 2.72. The highest BCUT2D eigenvalue weighted by Crippen LogP contribution is 2.11. The molecule has 2 nitrogen and oxygen atoms in total. The Kier molecular flexibility index (Phi) is 8.21. The van der Waals surface area contributed by atoms with Gasteiger partial charge in [0.1, 0.15) is 0 Å². The molecular formula is C9H22ClNO. The quantitative estimate of drug-likeness (QED) is 0.423. The SMILES string of the molecule is CCC[N+](CC)(CC)C(C)O.[Cl-]. The summed E-state index contributed by atoms with van der Waals surface area (Å²) in [5.41, 5.74) is 0. The van der Waals surface area contributed by atoms with Crippen molar-refractivity contribution in [2.75, 3.05) is 19.6 Å². The van der Waals surface area contributed by atoms with Crippen molar-refractivity contribution >= 4 is 0 Å². The zero-order valence-electron chi connectivity index (χ0n) is 8.68. The molecule has 3 heteroatoms. The lowest BCUT2D eigenvalue weighted by atomic mass is 10.3. The number of halogens is 1. The Hall–Kier alpha value is 0.210. The maximum Gasteiger partial charge on any atom is 0.187 e. The number of hydrogen-bond donors (Lipinski definition) is 1. The van der Waals surface area contributed by atoms with Gasteiger partial charge in [-0.1, -0.05) is 6.92 Å². The van der Waals surface area contributed by atoms with E-state index in [0.717, 1.165) is 30.5 Å². The standard InChI is InChI=1S/C9H22NO.ClH/c1-5-8-10(6-2,7-3)9(4)11;/h9,11H,5-8H2,1-4H3;1H/q+1;/p-1. The Morgan fingerprint density at radius 1 is 1.17 bits per heavy atom. The highest BCUT2D eigenvalue weighted by molar-refractivity contribution is 4.39. The fraction of sp³-hybridized carbons (Fsp3) is 1.00. The molecule has 1 N–H and O–H groups in total. The molecule has 0 aromatic carbocycles. The summed E-state index contributed by atoms with van der Waals surface area (Å²) in [6.07, 6.45) is 0.928. The lowest BCUT2D eigenvalue weighted by Gasteiger charge is -2.39. The summed E-state index contributed by atoms with van der Waals surface area (Å²) in [5, 5.41) is 9.57. The van der Waals surface area contributed by atoms with Crippen LogP contribution in [0.15, 0.2) is 0 Å². The van der Waals surface area contributed by atoms with Crippen LogP contribution in [0.3, 0.4) is 0 Å². The van der Waals surface area contributed by atoms with Crippen LogP contribution in [0.5, 0.6) is 0 Å². The van der Waals surface area contributed by atoms with Crippen LogP contribution in [0.1, 0.15) is 34.1 Å². The van der Waals surface area contributed by atoms with Gasteiger partial charge in [0.15, 0.2) is 6.23 Å². The van der Waals surface area contributed by atoms with Gasteiger partial charge in [0.25, 0.3) is 0 Å². The predicted molar refractivity (Wildman–Crippen MR) is 48.2 cm³/mol.